The third-order valence-electron chi connectivity index (χ3n) is 1.73. The minimum absolute atomic E-state index is 0.367. The molecule has 2 N–H and O–H groups in total. The van der Waals surface area contributed by atoms with Gasteiger partial charge < -0.3 is 10.6 Å². The first-order valence-electron chi connectivity index (χ1n) is 3.82. The Morgan fingerprint density at radius 2 is 1.93 bits per heavy atom. The van der Waals surface area contributed by atoms with Crippen molar-refractivity contribution in [1.29, 1.82) is 0 Å². The monoisotopic (exact) mass is 205 g/mol. The van der Waals surface area contributed by atoms with Crippen LogP contribution >= 0.6 is 0 Å². The third-order valence-corrected chi connectivity index (χ3v) is 1.73. The first kappa shape index (κ1) is 10.6. The maximum absolute atomic E-state index is 12.4. The molecule has 0 saturated carbocycles. The molecule has 0 atom stereocenters. The zero-order chi connectivity index (χ0) is 10.9. The highest BCUT2D eigenvalue weighted by Gasteiger charge is 2.34. The summed E-state index contributed by atoms with van der Waals surface area (Å²) < 4.78 is 37.1. The van der Waals surface area contributed by atoms with E-state index in [0.717, 1.165) is 6.07 Å². The van der Waals surface area contributed by atoms with E-state index < -0.39 is 17.6 Å². The molecule has 0 aromatic carbocycles. The molecule has 1 aromatic rings. The van der Waals surface area contributed by atoms with Gasteiger partial charge in [0.25, 0.3) is 0 Å². The van der Waals surface area contributed by atoms with Crippen molar-refractivity contribution in [3.05, 3.63) is 17.8 Å². The number of halogens is 3. The quantitative estimate of drug-likeness (QED) is 0.759. The highest BCUT2D eigenvalue weighted by molar-refractivity contribution is 5.53. The molecule has 0 aliphatic rings. The van der Waals surface area contributed by atoms with Gasteiger partial charge in [0.15, 0.2) is 0 Å². The van der Waals surface area contributed by atoms with Crippen molar-refractivity contribution >= 4 is 11.5 Å². The maximum Gasteiger partial charge on any atom is 0.420 e. The molecule has 0 spiro atoms. The predicted molar refractivity (Wildman–Crippen MR) is 48.0 cm³/mol. The van der Waals surface area contributed by atoms with Crippen LogP contribution in [0.2, 0.25) is 0 Å². The second kappa shape index (κ2) is 3.36. The smallest absolute Gasteiger partial charge is 0.383 e. The maximum atomic E-state index is 12.4. The topological polar surface area (TPSA) is 42.2 Å². The van der Waals surface area contributed by atoms with E-state index in [2.05, 4.69) is 4.98 Å². The van der Waals surface area contributed by atoms with E-state index in [-0.39, 0.29) is 0 Å². The zero-order valence-electron chi connectivity index (χ0n) is 7.76. The Balaban J connectivity index is 3.22. The van der Waals surface area contributed by atoms with Gasteiger partial charge in [-0.3, -0.25) is 0 Å². The lowest BCUT2D eigenvalue weighted by molar-refractivity contribution is -0.137. The molecule has 1 aromatic heterocycles. The second-order valence-corrected chi connectivity index (χ2v) is 3.02. The molecule has 3 nitrogen and oxygen atoms in total. The van der Waals surface area contributed by atoms with E-state index in [0.29, 0.717) is 5.69 Å². The number of nitrogen functional groups attached to an aromatic ring is 1. The normalized spacial score (nSPS) is 11.5. The summed E-state index contributed by atoms with van der Waals surface area (Å²) in [6.45, 7) is 0. The highest BCUT2D eigenvalue weighted by atomic mass is 19.4. The van der Waals surface area contributed by atoms with E-state index >= 15 is 0 Å². The van der Waals surface area contributed by atoms with Gasteiger partial charge in [0.05, 0.1) is 17.4 Å². The van der Waals surface area contributed by atoms with Crippen LogP contribution in [0.15, 0.2) is 12.3 Å². The van der Waals surface area contributed by atoms with Gasteiger partial charge in [-0.05, 0) is 6.07 Å². The number of hydrogen-bond donors (Lipinski definition) is 1. The van der Waals surface area contributed by atoms with Crippen LogP contribution in [0.4, 0.5) is 24.7 Å². The van der Waals surface area contributed by atoms with Crippen molar-refractivity contribution in [2.45, 2.75) is 6.18 Å². The molecule has 0 radical (unpaired) electrons. The Bertz CT molecular complexity index is 333. The lowest BCUT2D eigenvalue weighted by atomic mass is 10.2. The molecule has 0 fully saturated rings. The van der Waals surface area contributed by atoms with Gasteiger partial charge in [-0.2, -0.15) is 13.2 Å². The van der Waals surface area contributed by atoms with Crippen LogP contribution in [0.25, 0.3) is 0 Å². The first-order chi connectivity index (χ1) is 6.32. The average Bonchev–Trinajstić information content (AvgIpc) is 2.02. The highest BCUT2D eigenvalue weighted by Crippen LogP contribution is 2.34. The number of nitrogens with zero attached hydrogens (tertiary/aromatic N) is 2. The molecule has 0 bridgehead atoms. The zero-order valence-corrected chi connectivity index (χ0v) is 7.76. The van der Waals surface area contributed by atoms with Gasteiger partial charge in [-0.1, -0.05) is 0 Å². The summed E-state index contributed by atoms with van der Waals surface area (Å²) in [4.78, 5) is 5.01. The van der Waals surface area contributed by atoms with Crippen LogP contribution in [0.3, 0.4) is 0 Å². The van der Waals surface area contributed by atoms with Gasteiger partial charge in [-0.15, -0.1) is 0 Å². The van der Waals surface area contributed by atoms with Gasteiger partial charge in [0.2, 0.25) is 0 Å². The number of rotatable bonds is 1. The minimum Gasteiger partial charge on any atom is -0.383 e. The summed E-state index contributed by atoms with van der Waals surface area (Å²) in [7, 11) is 3.26. The van der Waals surface area contributed by atoms with Crippen molar-refractivity contribution in [3.8, 4) is 0 Å². The van der Waals surface area contributed by atoms with Crippen molar-refractivity contribution < 1.29 is 13.2 Å². The van der Waals surface area contributed by atoms with Crippen LogP contribution in [-0.2, 0) is 6.18 Å². The Hall–Kier alpha value is -1.46. The van der Waals surface area contributed by atoms with Crippen LogP contribution in [0.5, 0.6) is 0 Å². The second-order valence-electron chi connectivity index (χ2n) is 3.02. The van der Waals surface area contributed by atoms with E-state index in [1.54, 1.807) is 14.1 Å². The first-order valence-corrected chi connectivity index (χ1v) is 3.82. The summed E-state index contributed by atoms with van der Waals surface area (Å²) in [6, 6.07) is 0.975. The van der Waals surface area contributed by atoms with E-state index in [9.17, 15) is 13.2 Å². The average molecular weight is 205 g/mol. The standard InChI is InChI=1S/C8H10F3N3/c1-14(2)5-3-6(8(9,10)11)7(12)13-4-5/h3-4H,1-2H3,(H2,12,13). The van der Waals surface area contributed by atoms with Crippen molar-refractivity contribution in [2.75, 3.05) is 24.7 Å². The van der Waals surface area contributed by atoms with Crippen molar-refractivity contribution in [2.24, 2.45) is 0 Å². The van der Waals surface area contributed by atoms with Crippen molar-refractivity contribution in [3.63, 3.8) is 0 Å². The molecule has 78 valence electrons. The minimum atomic E-state index is -4.46. The number of pyridine rings is 1. The summed E-state index contributed by atoms with van der Waals surface area (Å²) in [6.07, 6.45) is -3.16. The van der Waals surface area contributed by atoms with E-state index in [1.165, 1.54) is 11.1 Å². The number of alkyl halides is 3. The van der Waals surface area contributed by atoms with Crippen LogP contribution in [0, 0.1) is 0 Å². The molecule has 0 amide bonds. The predicted octanol–water partition coefficient (Wildman–Crippen LogP) is 1.75. The van der Waals surface area contributed by atoms with Crippen molar-refractivity contribution in [1.82, 2.24) is 4.98 Å². The summed E-state index contributed by atoms with van der Waals surface area (Å²) in [5.74, 6) is -0.497. The molecule has 0 aliphatic carbocycles. The number of anilines is 2. The number of nitrogens with two attached hydrogens (primary N) is 1. The Labute approximate surface area is 79.3 Å². The SMILES string of the molecule is CN(C)c1cnc(N)c(C(F)(F)F)c1. The third kappa shape index (κ3) is 2.07. The molecule has 1 rings (SSSR count). The van der Waals surface area contributed by atoms with Crippen LogP contribution in [0.1, 0.15) is 5.56 Å². The Morgan fingerprint density at radius 3 is 2.36 bits per heavy atom. The van der Waals surface area contributed by atoms with E-state index in [1.807, 2.05) is 0 Å². The molecule has 0 saturated heterocycles. The lowest BCUT2D eigenvalue weighted by Crippen LogP contribution is -2.14. The molecule has 1 heterocycles. The molecular weight excluding hydrogens is 195 g/mol. The molecule has 14 heavy (non-hydrogen) atoms. The fraction of sp³-hybridized carbons (Fsp3) is 0.375. The fourth-order valence-corrected chi connectivity index (χ4v) is 0.936. The summed E-state index contributed by atoms with van der Waals surface area (Å²) in [5.41, 5.74) is 4.59. The van der Waals surface area contributed by atoms with Crippen LogP contribution in [-0.4, -0.2) is 19.1 Å². The fourth-order valence-electron chi connectivity index (χ4n) is 0.936. The molecule has 0 unspecified atom stereocenters. The van der Waals surface area contributed by atoms with Gasteiger partial charge in [0.1, 0.15) is 5.82 Å². The number of aromatic nitrogens is 1. The number of hydrogen-bond acceptors (Lipinski definition) is 3. The van der Waals surface area contributed by atoms with E-state index in [4.69, 9.17) is 5.73 Å². The molecule has 6 heteroatoms. The Kier molecular flexibility index (Phi) is 2.55. The molecular formula is C8H10F3N3. The Morgan fingerprint density at radius 1 is 1.36 bits per heavy atom. The van der Waals surface area contributed by atoms with Gasteiger partial charge >= 0.3 is 6.18 Å². The summed E-state index contributed by atoms with van der Waals surface area (Å²) >= 11 is 0. The van der Waals surface area contributed by atoms with Crippen LogP contribution < -0.4 is 10.6 Å². The lowest BCUT2D eigenvalue weighted by Gasteiger charge is -2.15. The molecule has 0 aliphatic heterocycles. The summed E-state index contributed by atoms with van der Waals surface area (Å²) in [5, 5.41) is 0. The van der Waals surface area contributed by atoms with Gasteiger partial charge in [-0.25, -0.2) is 4.98 Å². The van der Waals surface area contributed by atoms with Gasteiger partial charge in [0, 0.05) is 14.1 Å². The largest absolute Gasteiger partial charge is 0.420 e.